The summed E-state index contributed by atoms with van der Waals surface area (Å²) in [7, 11) is -1.95. The zero-order chi connectivity index (χ0) is 14.9. The number of hydrogen-bond donors (Lipinski definition) is 2. The highest BCUT2D eigenvalue weighted by Gasteiger charge is 2.18. The second kappa shape index (κ2) is 5.15. The van der Waals surface area contributed by atoms with Crippen LogP contribution in [0.5, 0.6) is 0 Å². The second-order valence-electron chi connectivity index (χ2n) is 4.60. The van der Waals surface area contributed by atoms with Crippen molar-refractivity contribution < 1.29 is 8.42 Å². The molecule has 0 atom stereocenters. The molecule has 106 valence electrons. The minimum absolute atomic E-state index is 0.0512. The SMILES string of the molecule is Cc1c(N(C)c2ccccc2)cc(N)cc1S(N)(=O)=O. The number of benzene rings is 2. The minimum atomic E-state index is -3.80. The summed E-state index contributed by atoms with van der Waals surface area (Å²) in [5.41, 5.74) is 8.37. The van der Waals surface area contributed by atoms with Crippen molar-refractivity contribution in [2.75, 3.05) is 17.7 Å². The van der Waals surface area contributed by atoms with Gasteiger partial charge >= 0.3 is 0 Å². The summed E-state index contributed by atoms with van der Waals surface area (Å²) < 4.78 is 23.2. The van der Waals surface area contributed by atoms with Gasteiger partial charge in [0.25, 0.3) is 0 Å². The molecule has 20 heavy (non-hydrogen) atoms. The van der Waals surface area contributed by atoms with Gasteiger partial charge in [0.15, 0.2) is 0 Å². The predicted octanol–water partition coefficient (Wildman–Crippen LogP) is 1.99. The zero-order valence-corrected chi connectivity index (χ0v) is 12.2. The predicted molar refractivity (Wildman–Crippen MR) is 81.5 cm³/mol. The highest BCUT2D eigenvalue weighted by atomic mass is 32.2. The summed E-state index contributed by atoms with van der Waals surface area (Å²) in [6, 6.07) is 12.7. The lowest BCUT2D eigenvalue weighted by molar-refractivity contribution is 0.597. The van der Waals surface area contributed by atoms with Crippen molar-refractivity contribution in [3.05, 3.63) is 48.0 Å². The molecule has 0 aliphatic heterocycles. The largest absolute Gasteiger partial charge is 0.399 e. The highest BCUT2D eigenvalue weighted by Crippen LogP contribution is 2.32. The third-order valence-electron chi connectivity index (χ3n) is 3.17. The van der Waals surface area contributed by atoms with Crippen LogP contribution in [0.15, 0.2) is 47.4 Å². The molecule has 2 aromatic carbocycles. The Morgan fingerprint density at radius 1 is 1.10 bits per heavy atom. The first-order valence-electron chi connectivity index (χ1n) is 6.02. The Labute approximate surface area is 118 Å². The standard InChI is InChI=1S/C14H17N3O2S/c1-10-13(17(2)12-6-4-3-5-7-12)8-11(15)9-14(10)20(16,18)19/h3-9H,15H2,1-2H3,(H2,16,18,19). The summed E-state index contributed by atoms with van der Waals surface area (Å²) in [5.74, 6) is 0. The van der Waals surface area contributed by atoms with Gasteiger partial charge in [-0.3, -0.25) is 0 Å². The fourth-order valence-corrected chi connectivity index (χ4v) is 2.96. The molecule has 0 heterocycles. The van der Waals surface area contributed by atoms with E-state index in [0.29, 0.717) is 16.9 Å². The van der Waals surface area contributed by atoms with Crippen LogP contribution in [-0.2, 0) is 10.0 Å². The number of nitrogens with two attached hydrogens (primary N) is 2. The molecule has 0 saturated heterocycles. The fourth-order valence-electron chi connectivity index (χ4n) is 2.13. The number of anilines is 3. The van der Waals surface area contributed by atoms with Crippen LogP contribution in [0.3, 0.4) is 0 Å². The van der Waals surface area contributed by atoms with Gasteiger partial charge in [-0.1, -0.05) is 18.2 Å². The van der Waals surface area contributed by atoms with Crippen molar-refractivity contribution in [1.29, 1.82) is 0 Å². The van der Waals surface area contributed by atoms with Crippen molar-refractivity contribution in [2.24, 2.45) is 5.14 Å². The van der Waals surface area contributed by atoms with Gasteiger partial charge < -0.3 is 10.6 Å². The Morgan fingerprint density at radius 3 is 2.25 bits per heavy atom. The first-order valence-corrected chi connectivity index (χ1v) is 7.57. The average Bonchev–Trinajstić information content (AvgIpc) is 2.40. The van der Waals surface area contributed by atoms with Gasteiger partial charge in [-0.15, -0.1) is 0 Å². The Morgan fingerprint density at radius 2 is 1.70 bits per heavy atom. The molecule has 0 radical (unpaired) electrons. The molecule has 0 amide bonds. The van der Waals surface area contributed by atoms with Gasteiger partial charge in [0.2, 0.25) is 10.0 Å². The van der Waals surface area contributed by atoms with Crippen molar-refractivity contribution in [1.82, 2.24) is 0 Å². The van der Waals surface area contributed by atoms with E-state index in [9.17, 15) is 8.42 Å². The molecular weight excluding hydrogens is 274 g/mol. The van der Waals surface area contributed by atoms with Crippen LogP contribution >= 0.6 is 0 Å². The highest BCUT2D eigenvalue weighted by molar-refractivity contribution is 7.89. The van der Waals surface area contributed by atoms with Gasteiger partial charge in [0.1, 0.15) is 0 Å². The monoisotopic (exact) mass is 291 g/mol. The molecule has 0 aliphatic rings. The molecule has 0 aliphatic carbocycles. The third-order valence-corrected chi connectivity index (χ3v) is 4.20. The van der Waals surface area contributed by atoms with Gasteiger partial charge in [-0.05, 0) is 36.8 Å². The van der Waals surface area contributed by atoms with E-state index in [1.54, 1.807) is 13.0 Å². The topological polar surface area (TPSA) is 89.4 Å². The summed E-state index contributed by atoms with van der Waals surface area (Å²) in [6.07, 6.45) is 0. The number of hydrogen-bond acceptors (Lipinski definition) is 4. The molecule has 0 unspecified atom stereocenters. The van der Waals surface area contributed by atoms with Crippen LogP contribution in [0.2, 0.25) is 0 Å². The Bertz CT molecular complexity index is 728. The summed E-state index contributed by atoms with van der Waals surface area (Å²) >= 11 is 0. The van der Waals surface area contributed by atoms with Crippen molar-refractivity contribution in [3.63, 3.8) is 0 Å². The molecule has 2 aromatic rings. The van der Waals surface area contributed by atoms with E-state index < -0.39 is 10.0 Å². The zero-order valence-electron chi connectivity index (χ0n) is 11.4. The normalized spacial score (nSPS) is 11.3. The summed E-state index contributed by atoms with van der Waals surface area (Å²) in [6.45, 7) is 1.72. The first kappa shape index (κ1) is 14.4. The number of nitrogens with zero attached hydrogens (tertiary/aromatic N) is 1. The van der Waals surface area contributed by atoms with E-state index in [4.69, 9.17) is 10.9 Å². The molecule has 6 heteroatoms. The molecular formula is C14H17N3O2S. The van der Waals surface area contributed by atoms with Gasteiger partial charge in [-0.2, -0.15) is 0 Å². The van der Waals surface area contributed by atoms with E-state index in [1.165, 1.54) is 6.07 Å². The van der Waals surface area contributed by atoms with Crippen LogP contribution in [0, 0.1) is 6.92 Å². The van der Waals surface area contributed by atoms with Gasteiger partial charge in [0.05, 0.1) is 4.90 Å². The van der Waals surface area contributed by atoms with Crippen LogP contribution < -0.4 is 15.8 Å². The maximum absolute atomic E-state index is 11.6. The van der Waals surface area contributed by atoms with E-state index in [0.717, 1.165) is 5.69 Å². The quantitative estimate of drug-likeness (QED) is 0.846. The smallest absolute Gasteiger partial charge is 0.238 e. The molecule has 5 nitrogen and oxygen atoms in total. The Hall–Kier alpha value is -2.05. The Balaban J connectivity index is 2.61. The lowest BCUT2D eigenvalue weighted by atomic mass is 10.1. The first-order chi connectivity index (χ1) is 9.30. The van der Waals surface area contributed by atoms with Crippen LogP contribution in [0.4, 0.5) is 17.1 Å². The van der Waals surface area contributed by atoms with Crippen molar-refractivity contribution >= 4 is 27.1 Å². The maximum Gasteiger partial charge on any atom is 0.238 e. The molecule has 0 spiro atoms. The second-order valence-corrected chi connectivity index (χ2v) is 6.13. The van der Waals surface area contributed by atoms with Crippen molar-refractivity contribution in [3.8, 4) is 0 Å². The summed E-state index contributed by atoms with van der Waals surface area (Å²) in [4.78, 5) is 1.93. The molecule has 0 fully saturated rings. The van der Waals surface area contributed by atoms with Gasteiger partial charge in [0, 0.05) is 24.1 Å². The maximum atomic E-state index is 11.6. The van der Waals surface area contributed by atoms with E-state index in [-0.39, 0.29) is 4.90 Å². The number of para-hydroxylation sites is 1. The van der Waals surface area contributed by atoms with E-state index in [1.807, 2.05) is 42.3 Å². The molecule has 2 rings (SSSR count). The fraction of sp³-hybridized carbons (Fsp3) is 0.143. The van der Waals surface area contributed by atoms with Crippen molar-refractivity contribution in [2.45, 2.75) is 11.8 Å². The van der Waals surface area contributed by atoms with Crippen LogP contribution in [-0.4, -0.2) is 15.5 Å². The molecule has 0 bridgehead atoms. The molecule has 4 N–H and O–H groups in total. The lowest BCUT2D eigenvalue weighted by Crippen LogP contribution is -2.17. The minimum Gasteiger partial charge on any atom is -0.399 e. The molecule has 0 aromatic heterocycles. The van der Waals surface area contributed by atoms with Gasteiger partial charge in [-0.25, -0.2) is 13.6 Å². The number of rotatable bonds is 3. The molecule has 0 saturated carbocycles. The third kappa shape index (κ3) is 2.76. The van der Waals surface area contributed by atoms with E-state index >= 15 is 0 Å². The summed E-state index contributed by atoms with van der Waals surface area (Å²) in [5, 5.41) is 5.23. The number of primary sulfonamides is 1. The lowest BCUT2D eigenvalue weighted by Gasteiger charge is -2.23. The Kier molecular flexibility index (Phi) is 3.69. The van der Waals surface area contributed by atoms with Crippen LogP contribution in [0.1, 0.15) is 5.56 Å². The van der Waals surface area contributed by atoms with Crippen LogP contribution in [0.25, 0.3) is 0 Å². The number of sulfonamides is 1. The average molecular weight is 291 g/mol. The van der Waals surface area contributed by atoms with E-state index in [2.05, 4.69) is 0 Å². The number of nitrogen functional groups attached to an aromatic ring is 1.